The van der Waals surface area contributed by atoms with Crippen LogP contribution in [0.5, 0.6) is 0 Å². The molecule has 2 aromatic carbocycles. The number of fused-ring (bicyclic) bond motifs is 3. The number of carbonyl (C=O) groups excluding carboxylic acids is 2. The first-order valence-electron chi connectivity index (χ1n) is 10.8. The number of hydrogen-bond donors (Lipinski definition) is 5. The van der Waals surface area contributed by atoms with E-state index in [1.54, 1.807) is 0 Å². The van der Waals surface area contributed by atoms with E-state index in [4.69, 9.17) is 11.6 Å². The maximum Gasteiger partial charge on any atom is 0.319 e. The van der Waals surface area contributed by atoms with Crippen molar-refractivity contribution in [2.45, 2.75) is 38.3 Å². The van der Waals surface area contributed by atoms with Gasteiger partial charge >= 0.3 is 6.03 Å². The van der Waals surface area contributed by atoms with Crippen molar-refractivity contribution in [3.8, 4) is 0 Å². The first-order chi connectivity index (χ1) is 15.4. The van der Waals surface area contributed by atoms with Crippen molar-refractivity contribution in [3.63, 3.8) is 0 Å². The van der Waals surface area contributed by atoms with E-state index in [0.717, 1.165) is 33.6 Å². The van der Waals surface area contributed by atoms with Crippen LogP contribution in [0.15, 0.2) is 42.5 Å². The standard InChI is InChI=1S/C24H27ClN4O2S/c1-14-22-20(19-6-3-7-21(25)23(19)29-22)11-17(27-14)12-26-24(31)28-16-5-2-4-15(10-16)8-9-18(30)13-32/h2-7,10,14,17,27,29,32H,8-9,11-13H2,1H3,(H2,26,28,31). The normalized spacial score (nSPS) is 17.7. The summed E-state index contributed by atoms with van der Waals surface area (Å²) in [5.41, 5.74) is 5.09. The summed E-state index contributed by atoms with van der Waals surface area (Å²) in [7, 11) is 0. The Kier molecular flexibility index (Phi) is 7.08. The molecule has 4 N–H and O–H groups in total. The number of halogens is 1. The number of aromatic nitrogens is 1. The molecule has 0 spiro atoms. The summed E-state index contributed by atoms with van der Waals surface area (Å²) in [5.74, 6) is 0.362. The molecule has 0 radical (unpaired) electrons. The zero-order valence-corrected chi connectivity index (χ0v) is 19.5. The van der Waals surface area contributed by atoms with Crippen molar-refractivity contribution in [1.82, 2.24) is 15.6 Å². The highest BCUT2D eigenvalue weighted by Gasteiger charge is 2.27. The number of amides is 2. The van der Waals surface area contributed by atoms with Crippen LogP contribution in [0.25, 0.3) is 10.9 Å². The van der Waals surface area contributed by atoms with Crippen molar-refractivity contribution < 1.29 is 9.59 Å². The van der Waals surface area contributed by atoms with Gasteiger partial charge in [0.15, 0.2) is 0 Å². The van der Waals surface area contributed by atoms with Gasteiger partial charge in [0.25, 0.3) is 0 Å². The van der Waals surface area contributed by atoms with E-state index in [0.29, 0.717) is 25.1 Å². The highest BCUT2D eigenvalue weighted by molar-refractivity contribution is 7.81. The summed E-state index contributed by atoms with van der Waals surface area (Å²) >= 11 is 10.4. The lowest BCUT2D eigenvalue weighted by Crippen LogP contribution is -2.46. The Balaban J connectivity index is 1.35. The fourth-order valence-corrected chi connectivity index (χ4v) is 4.66. The number of anilines is 1. The van der Waals surface area contributed by atoms with Gasteiger partial charge in [-0.05, 0) is 49.1 Å². The Hall–Kier alpha value is -2.48. The van der Waals surface area contributed by atoms with E-state index < -0.39 is 0 Å². The molecule has 6 nitrogen and oxygen atoms in total. The molecular weight excluding hydrogens is 444 g/mol. The Morgan fingerprint density at radius 3 is 2.84 bits per heavy atom. The van der Waals surface area contributed by atoms with Gasteiger partial charge in [0.1, 0.15) is 5.78 Å². The average molecular weight is 471 g/mol. The van der Waals surface area contributed by atoms with E-state index in [9.17, 15) is 9.59 Å². The fraction of sp³-hybridized carbons (Fsp3) is 0.333. The van der Waals surface area contributed by atoms with E-state index in [-0.39, 0.29) is 29.7 Å². The van der Waals surface area contributed by atoms with Crippen LogP contribution in [0.2, 0.25) is 5.02 Å². The third kappa shape index (κ3) is 5.11. The largest absolute Gasteiger partial charge is 0.356 e. The first-order valence-corrected chi connectivity index (χ1v) is 11.8. The topological polar surface area (TPSA) is 86.0 Å². The molecule has 0 aliphatic carbocycles. The highest BCUT2D eigenvalue weighted by Crippen LogP contribution is 2.34. The number of para-hydroxylation sites is 1. The van der Waals surface area contributed by atoms with Crippen LogP contribution in [0.4, 0.5) is 10.5 Å². The third-order valence-corrected chi connectivity index (χ3v) is 6.52. The number of benzene rings is 2. The Bertz CT molecular complexity index is 1150. The molecule has 4 rings (SSSR count). The van der Waals surface area contributed by atoms with E-state index >= 15 is 0 Å². The summed E-state index contributed by atoms with van der Waals surface area (Å²) in [6, 6.07) is 13.5. The van der Waals surface area contributed by atoms with Crippen LogP contribution in [0.1, 0.15) is 36.2 Å². The van der Waals surface area contributed by atoms with Crippen molar-refractivity contribution in [2.75, 3.05) is 17.6 Å². The molecule has 168 valence electrons. The third-order valence-electron chi connectivity index (χ3n) is 5.86. The average Bonchev–Trinajstić information content (AvgIpc) is 3.17. The molecular formula is C24H27ClN4O2S. The van der Waals surface area contributed by atoms with Gasteiger partial charge in [-0.2, -0.15) is 12.6 Å². The molecule has 0 saturated carbocycles. The molecule has 1 aliphatic rings. The molecule has 1 aromatic heterocycles. The highest BCUT2D eigenvalue weighted by atomic mass is 35.5. The fourth-order valence-electron chi connectivity index (χ4n) is 4.28. The van der Waals surface area contributed by atoms with Crippen LogP contribution in [0, 0.1) is 0 Å². The van der Waals surface area contributed by atoms with Crippen LogP contribution in [0.3, 0.4) is 0 Å². The maximum absolute atomic E-state index is 12.5. The first kappa shape index (κ1) is 22.7. The van der Waals surface area contributed by atoms with Crippen LogP contribution < -0.4 is 16.0 Å². The molecule has 8 heteroatoms. The summed E-state index contributed by atoms with van der Waals surface area (Å²) in [4.78, 5) is 27.4. The molecule has 2 amide bonds. The summed E-state index contributed by atoms with van der Waals surface area (Å²) < 4.78 is 0. The summed E-state index contributed by atoms with van der Waals surface area (Å²) in [6.45, 7) is 2.61. The molecule has 3 aromatic rings. The van der Waals surface area contributed by atoms with Crippen LogP contribution in [-0.2, 0) is 17.6 Å². The minimum Gasteiger partial charge on any atom is -0.356 e. The second-order valence-electron chi connectivity index (χ2n) is 8.20. The molecule has 2 heterocycles. The molecule has 2 atom stereocenters. The van der Waals surface area contributed by atoms with Gasteiger partial charge in [-0.25, -0.2) is 4.79 Å². The van der Waals surface area contributed by atoms with Crippen LogP contribution in [-0.4, -0.2) is 35.1 Å². The van der Waals surface area contributed by atoms with Gasteiger partial charge in [0.2, 0.25) is 0 Å². The smallest absolute Gasteiger partial charge is 0.319 e. The van der Waals surface area contributed by atoms with E-state index in [1.807, 2.05) is 36.4 Å². The van der Waals surface area contributed by atoms with Gasteiger partial charge in [-0.1, -0.05) is 35.9 Å². The Morgan fingerprint density at radius 2 is 2.03 bits per heavy atom. The number of urea groups is 1. The number of thiol groups is 1. The molecule has 32 heavy (non-hydrogen) atoms. The SMILES string of the molecule is CC1NC(CNC(=O)Nc2cccc(CCC(=O)CS)c2)Cc2c1[nH]c1c(Cl)cccc21. The summed E-state index contributed by atoms with van der Waals surface area (Å²) in [5, 5.41) is 11.3. The van der Waals surface area contributed by atoms with E-state index in [2.05, 4.69) is 46.6 Å². The number of aryl methyl sites for hydroxylation is 1. The lowest BCUT2D eigenvalue weighted by atomic mass is 9.94. The maximum atomic E-state index is 12.5. The predicted octanol–water partition coefficient (Wildman–Crippen LogP) is 4.65. The van der Waals surface area contributed by atoms with Crippen molar-refractivity contribution in [3.05, 3.63) is 64.3 Å². The van der Waals surface area contributed by atoms with Gasteiger partial charge in [0, 0.05) is 47.6 Å². The lowest BCUT2D eigenvalue weighted by molar-refractivity contribution is -0.116. The molecule has 0 saturated heterocycles. The Morgan fingerprint density at radius 1 is 1.22 bits per heavy atom. The van der Waals surface area contributed by atoms with Crippen LogP contribution >= 0.6 is 24.2 Å². The number of Topliss-reactive ketones (excluding diaryl/α,β-unsaturated/α-hetero) is 1. The lowest BCUT2D eigenvalue weighted by Gasteiger charge is -2.29. The van der Waals surface area contributed by atoms with Crippen molar-refractivity contribution >= 4 is 52.6 Å². The minimum atomic E-state index is -0.254. The van der Waals surface area contributed by atoms with Crippen molar-refractivity contribution in [2.24, 2.45) is 0 Å². The number of H-pyrrole nitrogens is 1. The van der Waals surface area contributed by atoms with Gasteiger partial charge < -0.3 is 20.9 Å². The second-order valence-corrected chi connectivity index (χ2v) is 8.92. The zero-order chi connectivity index (χ0) is 22.7. The van der Waals surface area contributed by atoms with Gasteiger partial charge in [-0.3, -0.25) is 4.79 Å². The zero-order valence-electron chi connectivity index (χ0n) is 17.9. The number of aromatic amines is 1. The molecule has 1 aliphatic heterocycles. The van der Waals surface area contributed by atoms with E-state index in [1.165, 1.54) is 5.56 Å². The van der Waals surface area contributed by atoms with Gasteiger partial charge in [0.05, 0.1) is 10.5 Å². The second kappa shape index (κ2) is 9.98. The predicted molar refractivity (Wildman–Crippen MR) is 133 cm³/mol. The van der Waals surface area contributed by atoms with Crippen molar-refractivity contribution in [1.29, 1.82) is 0 Å². The number of nitrogens with one attached hydrogen (secondary N) is 4. The monoisotopic (exact) mass is 470 g/mol. The molecule has 0 bridgehead atoms. The number of carbonyl (C=O) groups is 2. The Labute approximate surface area is 197 Å². The molecule has 2 unspecified atom stereocenters. The molecule has 0 fully saturated rings. The number of rotatable bonds is 7. The quantitative estimate of drug-likeness (QED) is 0.326. The number of hydrogen-bond acceptors (Lipinski definition) is 4. The van der Waals surface area contributed by atoms with Gasteiger partial charge in [-0.15, -0.1) is 0 Å². The summed E-state index contributed by atoms with van der Waals surface area (Å²) in [6.07, 6.45) is 1.89. The minimum absolute atomic E-state index is 0.110. The number of ketones is 1.